The van der Waals surface area contributed by atoms with Crippen molar-refractivity contribution in [1.82, 2.24) is 5.32 Å². The Balaban J connectivity index is 3.12. The van der Waals surface area contributed by atoms with E-state index in [2.05, 4.69) is 15.3 Å². The molecule has 0 saturated carbocycles. The van der Waals surface area contributed by atoms with Gasteiger partial charge in [0.25, 0.3) is 0 Å². The average Bonchev–Trinajstić information content (AvgIpc) is 2.45. The largest absolute Gasteiger partial charge is 0.383 e. The number of nitrogens with one attached hydrogen (secondary N) is 1. The SMILES string of the molecule is COCCNC(=O)CCCCCCCCCCN=[N+]=[N-]. The minimum absolute atomic E-state index is 0.125. The Morgan fingerprint density at radius 3 is 2.30 bits per heavy atom. The number of hydrogen-bond donors (Lipinski definition) is 1. The molecule has 6 heteroatoms. The number of rotatable bonds is 14. The summed E-state index contributed by atoms with van der Waals surface area (Å²) in [6.07, 6.45) is 9.71. The Morgan fingerprint density at radius 2 is 1.70 bits per heavy atom. The molecule has 0 rings (SSSR count). The van der Waals surface area contributed by atoms with Crippen molar-refractivity contribution in [2.75, 3.05) is 26.8 Å². The molecule has 0 aromatic rings. The van der Waals surface area contributed by atoms with Crippen LogP contribution in [0.1, 0.15) is 57.8 Å². The van der Waals surface area contributed by atoms with Gasteiger partial charge in [-0.3, -0.25) is 4.79 Å². The highest BCUT2D eigenvalue weighted by molar-refractivity contribution is 5.75. The molecule has 0 bridgehead atoms. The van der Waals surface area contributed by atoms with Crippen molar-refractivity contribution in [3.63, 3.8) is 0 Å². The van der Waals surface area contributed by atoms with Crippen LogP contribution in [0.2, 0.25) is 0 Å². The Hall–Kier alpha value is -1.26. The molecule has 1 N–H and O–H groups in total. The molecule has 116 valence electrons. The smallest absolute Gasteiger partial charge is 0.220 e. The molecule has 0 spiro atoms. The molecule has 6 nitrogen and oxygen atoms in total. The van der Waals surface area contributed by atoms with Gasteiger partial charge in [-0.1, -0.05) is 43.6 Å². The number of unbranched alkanes of at least 4 members (excludes halogenated alkanes) is 7. The van der Waals surface area contributed by atoms with E-state index >= 15 is 0 Å². The van der Waals surface area contributed by atoms with Crippen LogP contribution >= 0.6 is 0 Å². The molecule has 0 aliphatic rings. The van der Waals surface area contributed by atoms with Crippen LogP contribution in [0, 0.1) is 0 Å². The third-order valence-electron chi connectivity index (χ3n) is 3.10. The molecule has 0 aliphatic carbocycles. The van der Waals surface area contributed by atoms with Crippen LogP contribution in [0.3, 0.4) is 0 Å². The predicted octanol–water partition coefficient (Wildman–Crippen LogP) is 3.57. The van der Waals surface area contributed by atoms with Gasteiger partial charge in [0.2, 0.25) is 5.91 Å². The Kier molecular flexibility index (Phi) is 14.8. The van der Waals surface area contributed by atoms with Crippen molar-refractivity contribution in [3.05, 3.63) is 10.4 Å². The van der Waals surface area contributed by atoms with Gasteiger partial charge in [-0.25, -0.2) is 0 Å². The van der Waals surface area contributed by atoms with E-state index < -0.39 is 0 Å². The number of azide groups is 1. The van der Waals surface area contributed by atoms with E-state index in [0.29, 0.717) is 26.1 Å². The Morgan fingerprint density at radius 1 is 1.10 bits per heavy atom. The van der Waals surface area contributed by atoms with Gasteiger partial charge in [0.1, 0.15) is 0 Å². The molecule has 0 heterocycles. The van der Waals surface area contributed by atoms with Gasteiger partial charge in [0, 0.05) is 31.5 Å². The van der Waals surface area contributed by atoms with Gasteiger partial charge in [-0.2, -0.15) is 0 Å². The lowest BCUT2D eigenvalue weighted by Crippen LogP contribution is -2.26. The topological polar surface area (TPSA) is 87.1 Å². The number of carbonyl (C=O) groups excluding carboxylic acids is 1. The molecule has 20 heavy (non-hydrogen) atoms. The summed E-state index contributed by atoms with van der Waals surface area (Å²) < 4.78 is 4.87. The summed E-state index contributed by atoms with van der Waals surface area (Å²) in [5.41, 5.74) is 8.11. The fourth-order valence-electron chi connectivity index (χ4n) is 1.95. The predicted molar refractivity (Wildman–Crippen MR) is 80.5 cm³/mol. The summed E-state index contributed by atoms with van der Waals surface area (Å²) in [5.74, 6) is 0.125. The third-order valence-corrected chi connectivity index (χ3v) is 3.10. The van der Waals surface area contributed by atoms with Crippen molar-refractivity contribution in [2.24, 2.45) is 5.11 Å². The number of nitrogens with zero attached hydrogens (tertiary/aromatic N) is 3. The number of ether oxygens (including phenoxy) is 1. The fourth-order valence-corrected chi connectivity index (χ4v) is 1.95. The van der Waals surface area contributed by atoms with Crippen LogP contribution in [0.5, 0.6) is 0 Å². The molecule has 0 atom stereocenters. The van der Waals surface area contributed by atoms with E-state index in [4.69, 9.17) is 10.3 Å². The van der Waals surface area contributed by atoms with Gasteiger partial charge in [0.05, 0.1) is 6.61 Å². The maximum atomic E-state index is 11.4. The second-order valence-electron chi connectivity index (χ2n) is 4.88. The standard InChI is InChI=1S/C14H28N4O2/c1-20-13-12-16-14(19)10-8-6-4-2-3-5-7-9-11-17-18-15/h2-13H2,1H3,(H,16,19). The van der Waals surface area contributed by atoms with Crippen molar-refractivity contribution in [3.8, 4) is 0 Å². The highest BCUT2D eigenvalue weighted by atomic mass is 16.5. The molecule has 0 aliphatic heterocycles. The molecular weight excluding hydrogens is 256 g/mol. The minimum Gasteiger partial charge on any atom is -0.383 e. The highest BCUT2D eigenvalue weighted by Gasteiger charge is 1.99. The molecule has 0 aromatic heterocycles. The maximum Gasteiger partial charge on any atom is 0.220 e. The fraction of sp³-hybridized carbons (Fsp3) is 0.929. The van der Waals surface area contributed by atoms with E-state index in [1.165, 1.54) is 25.7 Å². The van der Waals surface area contributed by atoms with Crippen molar-refractivity contribution in [1.29, 1.82) is 0 Å². The van der Waals surface area contributed by atoms with Gasteiger partial charge in [0.15, 0.2) is 0 Å². The second kappa shape index (κ2) is 15.8. The van der Waals surface area contributed by atoms with Crippen molar-refractivity contribution < 1.29 is 9.53 Å². The minimum atomic E-state index is 0.125. The third kappa shape index (κ3) is 14.8. The second-order valence-corrected chi connectivity index (χ2v) is 4.88. The first-order chi connectivity index (χ1) is 9.81. The van der Waals surface area contributed by atoms with Crippen LogP contribution < -0.4 is 5.32 Å². The lowest BCUT2D eigenvalue weighted by atomic mass is 10.1. The summed E-state index contributed by atoms with van der Waals surface area (Å²) >= 11 is 0. The Bertz CT molecular complexity index is 278. The normalized spacial score (nSPS) is 10.1. The number of amides is 1. The number of carbonyl (C=O) groups is 1. The molecule has 0 unspecified atom stereocenters. The monoisotopic (exact) mass is 284 g/mol. The Labute approximate surface area is 121 Å². The summed E-state index contributed by atoms with van der Waals surface area (Å²) in [7, 11) is 1.63. The highest BCUT2D eigenvalue weighted by Crippen LogP contribution is 2.09. The average molecular weight is 284 g/mol. The molecule has 0 fully saturated rings. The number of hydrogen-bond acceptors (Lipinski definition) is 3. The summed E-state index contributed by atoms with van der Waals surface area (Å²) in [6, 6.07) is 0. The molecular formula is C14H28N4O2. The van der Waals surface area contributed by atoms with E-state index in [0.717, 1.165) is 25.7 Å². The first-order valence-corrected chi connectivity index (χ1v) is 7.57. The zero-order chi connectivity index (χ0) is 14.9. The quantitative estimate of drug-likeness (QED) is 0.229. The van der Waals surface area contributed by atoms with Crippen LogP contribution in [-0.2, 0) is 9.53 Å². The maximum absolute atomic E-state index is 11.4. The van der Waals surface area contributed by atoms with Gasteiger partial charge >= 0.3 is 0 Å². The van der Waals surface area contributed by atoms with E-state index in [1.54, 1.807) is 7.11 Å². The summed E-state index contributed by atoms with van der Waals surface area (Å²) in [5, 5.41) is 6.33. The summed E-state index contributed by atoms with van der Waals surface area (Å²) in [4.78, 5) is 14.1. The van der Waals surface area contributed by atoms with E-state index in [1.807, 2.05) is 0 Å². The van der Waals surface area contributed by atoms with E-state index in [-0.39, 0.29) is 5.91 Å². The van der Waals surface area contributed by atoms with Crippen LogP contribution in [0.15, 0.2) is 5.11 Å². The van der Waals surface area contributed by atoms with Crippen LogP contribution in [0.25, 0.3) is 10.4 Å². The lowest BCUT2D eigenvalue weighted by Gasteiger charge is -2.04. The molecule has 0 radical (unpaired) electrons. The zero-order valence-corrected chi connectivity index (χ0v) is 12.6. The van der Waals surface area contributed by atoms with Gasteiger partial charge < -0.3 is 10.1 Å². The summed E-state index contributed by atoms with van der Waals surface area (Å²) in [6.45, 7) is 1.80. The van der Waals surface area contributed by atoms with Crippen molar-refractivity contribution >= 4 is 5.91 Å². The molecule has 0 aromatic carbocycles. The number of methoxy groups -OCH3 is 1. The first-order valence-electron chi connectivity index (χ1n) is 7.57. The van der Waals surface area contributed by atoms with Crippen molar-refractivity contribution in [2.45, 2.75) is 57.8 Å². The first kappa shape index (κ1) is 18.7. The zero-order valence-electron chi connectivity index (χ0n) is 12.6. The van der Waals surface area contributed by atoms with E-state index in [9.17, 15) is 4.79 Å². The lowest BCUT2D eigenvalue weighted by molar-refractivity contribution is -0.121. The van der Waals surface area contributed by atoms with Crippen LogP contribution in [0.4, 0.5) is 0 Å². The van der Waals surface area contributed by atoms with Crippen LogP contribution in [-0.4, -0.2) is 32.7 Å². The van der Waals surface area contributed by atoms with Gasteiger partial charge in [-0.05, 0) is 18.4 Å². The van der Waals surface area contributed by atoms with Gasteiger partial charge in [-0.15, -0.1) is 0 Å². The molecule has 0 saturated heterocycles. The molecule has 1 amide bonds.